The van der Waals surface area contributed by atoms with Gasteiger partial charge in [-0.25, -0.2) is 4.98 Å². The molecule has 0 radical (unpaired) electrons. The molecule has 38 heavy (non-hydrogen) atoms. The summed E-state index contributed by atoms with van der Waals surface area (Å²) in [4.78, 5) is 34.4. The number of halogens is 1. The van der Waals surface area contributed by atoms with E-state index < -0.39 is 11.0 Å². The third kappa shape index (κ3) is 4.00. The van der Waals surface area contributed by atoms with Crippen molar-refractivity contribution < 1.29 is 19.4 Å². The van der Waals surface area contributed by atoms with Crippen molar-refractivity contribution in [3.63, 3.8) is 0 Å². The lowest BCUT2D eigenvalue weighted by atomic mass is 9.71. The first kappa shape index (κ1) is 24.4. The van der Waals surface area contributed by atoms with Crippen LogP contribution in [0.5, 0.6) is 5.75 Å². The molecular formula is C29H33ClN4O4. The van der Waals surface area contributed by atoms with E-state index in [0.717, 1.165) is 67.9 Å². The highest BCUT2D eigenvalue weighted by molar-refractivity contribution is 6.31. The first-order valence-electron chi connectivity index (χ1n) is 13.8. The van der Waals surface area contributed by atoms with Crippen molar-refractivity contribution in [2.45, 2.75) is 68.4 Å². The number of fused-ring (bicyclic) bond motifs is 3. The number of hydrogen-bond acceptors (Lipinski definition) is 6. The van der Waals surface area contributed by atoms with Gasteiger partial charge >= 0.3 is 0 Å². The van der Waals surface area contributed by atoms with E-state index in [1.165, 1.54) is 0 Å². The summed E-state index contributed by atoms with van der Waals surface area (Å²) in [7, 11) is 0. The third-order valence-corrected chi connectivity index (χ3v) is 9.70. The summed E-state index contributed by atoms with van der Waals surface area (Å²) < 4.78 is 6.08. The Morgan fingerprint density at radius 1 is 1.13 bits per heavy atom. The topological polar surface area (TPSA) is 95.0 Å². The Labute approximate surface area is 227 Å². The molecule has 0 unspecified atom stereocenters. The molecule has 1 aromatic carbocycles. The lowest BCUT2D eigenvalue weighted by Crippen LogP contribution is -2.59. The number of likely N-dealkylation sites (tertiary alicyclic amines) is 1. The molecule has 5 aliphatic rings. The second kappa shape index (κ2) is 8.93. The van der Waals surface area contributed by atoms with Crippen LogP contribution in [0.1, 0.15) is 56.1 Å². The average molecular weight is 537 g/mol. The van der Waals surface area contributed by atoms with Crippen molar-refractivity contribution in [2.75, 3.05) is 36.5 Å². The SMILES string of the molecule is O=C1CCc2cc(OCCN3CCC4(CC3)C(=O)Nc3ccc(Cl)cc34)cnc2N1[C@H]1C[C@](O)(C2CC2)C1. The molecule has 8 nitrogen and oxygen atoms in total. The summed E-state index contributed by atoms with van der Waals surface area (Å²) in [6, 6.07) is 7.70. The quantitative estimate of drug-likeness (QED) is 0.585. The highest BCUT2D eigenvalue weighted by Gasteiger charge is 2.55. The Kier molecular flexibility index (Phi) is 5.73. The van der Waals surface area contributed by atoms with Crippen LogP contribution in [-0.2, 0) is 21.4 Å². The Balaban J connectivity index is 0.949. The first-order valence-corrected chi connectivity index (χ1v) is 14.2. The Hall–Kier alpha value is -2.68. The number of benzene rings is 1. The van der Waals surface area contributed by atoms with Gasteiger partial charge in [-0.2, -0.15) is 0 Å². The Bertz CT molecular complexity index is 1300. The smallest absolute Gasteiger partial charge is 0.235 e. The molecule has 2 amide bonds. The summed E-state index contributed by atoms with van der Waals surface area (Å²) in [6.07, 6.45) is 7.86. The van der Waals surface area contributed by atoms with Crippen LogP contribution in [0.15, 0.2) is 30.5 Å². The number of pyridine rings is 1. The minimum Gasteiger partial charge on any atom is -0.491 e. The van der Waals surface area contributed by atoms with Gasteiger partial charge in [0.15, 0.2) is 0 Å². The van der Waals surface area contributed by atoms with E-state index in [1.54, 1.807) is 6.20 Å². The summed E-state index contributed by atoms with van der Waals surface area (Å²) >= 11 is 6.24. The fourth-order valence-corrected chi connectivity index (χ4v) is 7.22. The van der Waals surface area contributed by atoms with Crippen molar-refractivity contribution in [3.05, 3.63) is 46.6 Å². The molecule has 7 rings (SSSR count). The second-order valence-electron chi connectivity index (χ2n) is 11.8. The summed E-state index contributed by atoms with van der Waals surface area (Å²) in [5.74, 6) is 2.04. The zero-order valence-electron chi connectivity index (χ0n) is 21.4. The number of rotatable bonds is 6. The number of hydrogen-bond donors (Lipinski definition) is 2. The number of nitrogens with zero attached hydrogens (tertiary/aromatic N) is 3. The summed E-state index contributed by atoms with van der Waals surface area (Å²) in [6.45, 7) is 2.93. The monoisotopic (exact) mass is 536 g/mol. The Morgan fingerprint density at radius 2 is 1.92 bits per heavy atom. The van der Waals surface area contributed by atoms with Gasteiger partial charge in [0.2, 0.25) is 11.8 Å². The maximum Gasteiger partial charge on any atom is 0.235 e. The second-order valence-corrected chi connectivity index (χ2v) is 12.2. The third-order valence-electron chi connectivity index (χ3n) is 9.47. The van der Waals surface area contributed by atoms with E-state index >= 15 is 0 Å². The number of ether oxygens (including phenoxy) is 1. The minimum atomic E-state index is -0.586. The van der Waals surface area contributed by atoms with Crippen molar-refractivity contribution in [1.82, 2.24) is 9.88 Å². The molecule has 1 aromatic heterocycles. The molecule has 2 aromatic rings. The average Bonchev–Trinajstić information content (AvgIpc) is 3.71. The highest BCUT2D eigenvalue weighted by atomic mass is 35.5. The van der Waals surface area contributed by atoms with Gasteiger partial charge in [0.25, 0.3) is 0 Å². The minimum absolute atomic E-state index is 0.0405. The molecule has 9 heteroatoms. The summed E-state index contributed by atoms with van der Waals surface area (Å²) in [5, 5.41) is 14.5. The van der Waals surface area contributed by atoms with E-state index in [2.05, 4.69) is 15.2 Å². The van der Waals surface area contributed by atoms with Crippen LogP contribution in [0.25, 0.3) is 0 Å². The fourth-order valence-electron chi connectivity index (χ4n) is 7.04. The lowest BCUT2D eigenvalue weighted by Gasteiger charge is -2.49. The van der Waals surface area contributed by atoms with Gasteiger partial charge in [-0.15, -0.1) is 0 Å². The van der Waals surface area contributed by atoms with E-state index in [1.807, 2.05) is 29.2 Å². The molecule has 3 aliphatic heterocycles. The van der Waals surface area contributed by atoms with E-state index in [0.29, 0.717) is 49.0 Å². The van der Waals surface area contributed by atoms with Gasteiger partial charge in [0.05, 0.1) is 17.2 Å². The molecule has 3 fully saturated rings. The largest absolute Gasteiger partial charge is 0.491 e. The predicted octanol–water partition coefficient (Wildman–Crippen LogP) is 3.68. The molecular weight excluding hydrogens is 504 g/mol. The van der Waals surface area contributed by atoms with Crippen LogP contribution in [0.2, 0.25) is 5.02 Å². The van der Waals surface area contributed by atoms with Gasteiger partial charge in [-0.3, -0.25) is 19.4 Å². The molecule has 2 aliphatic carbocycles. The van der Waals surface area contributed by atoms with Crippen molar-refractivity contribution in [2.24, 2.45) is 5.92 Å². The summed E-state index contributed by atoms with van der Waals surface area (Å²) in [5.41, 5.74) is 1.87. The first-order chi connectivity index (χ1) is 18.3. The standard InChI is InChI=1S/C29H33ClN4O4/c30-20-4-5-24-23(14-20)28(27(36)32-24)7-9-33(10-8-28)11-12-38-22-13-18-1-6-25(35)34(26(18)31-17-22)21-15-29(37,16-21)19-2-3-19/h4-5,13-14,17,19,21,37H,1-3,6-12,15-16H2,(H,32,36)/t21-,29+. The Morgan fingerprint density at radius 3 is 2.68 bits per heavy atom. The van der Waals surface area contributed by atoms with Crippen LogP contribution in [-0.4, -0.2) is 64.7 Å². The van der Waals surface area contributed by atoms with Crippen LogP contribution in [0.3, 0.4) is 0 Å². The maximum atomic E-state index is 12.9. The van der Waals surface area contributed by atoms with Gasteiger partial charge in [0.1, 0.15) is 18.2 Å². The fraction of sp³-hybridized carbons (Fsp3) is 0.552. The number of carbonyl (C=O) groups excluding carboxylic acids is 2. The number of amides is 2. The number of aryl methyl sites for hydroxylation is 1. The molecule has 1 spiro atoms. The normalized spacial score (nSPS) is 28.1. The van der Waals surface area contributed by atoms with Crippen molar-refractivity contribution in [1.29, 1.82) is 0 Å². The molecule has 0 bridgehead atoms. The predicted molar refractivity (Wildman–Crippen MR) is 144 cm³/mol. The van der Waals surface area contributed by atoms with Gasteiger partial charge in [-0.1, -0.05) is 11.6 Å². The van der Waals surface area contributed by atoms with Crippen molar-refractivity contribution in [3.8, 4) is 5.75 Å². The van der Waals surface area contributed by atoms with E-state index in [4.69, 9.17) is 16.3 Å². The van der Waals surface area contributed by atoms with E-state index in [9.17, 15) is 14.7 Å². The number of nitrogens with one attached hydrogen (secondary N) is 1. The number of piperidine rings is 1. The van der Waals surface area contributed by atoms with Crippen LogP contribution < -0.4 is 15.0 Å². The highest BCUT2D eigenvalue weighted by Crippen LogP contribution is 2.52. The van der Waals surface area contributed by atoms with Crippen molar-refractivity contribution >= 4 is 34.9 Å². The van der Waals surface area contributed by atoms with Gasteiger partial charge in [-0.05, 0) is 99.3 Å². The van der Waals surface area contributed by atoms with Crippen LogP contribution >= 0.6 is 11.6 Å². The number of aliphatic hydroxyl groups is 1. The number of anilines is 2. The molecule has 1 saturated heterocycles. The molecule has 0 atom stereocenters. The van der Waals surface area contributed by atoms with Crippen LogP contribution in [0, 0.1) is 5.92 Å². The molecule has 2 saturated carbocycles. The van der Waals surface area contributed by atoms with E-state index in [-0.39, 0.29) is 17.9 Å². The lowest BCUT2D eigenvalue weighted by molar-refractivity contribution is -0.123. The molecule has 200 valence electrons. The van der Waals surface area contributed by atoms with Gasteiger partial charge < -0.3 is 15.2 Å². The zero-order chi connectivity index (χ0) is 26.1. The zero-order valence-corrected chi connectivity index (χ0v) is 22.2. The molecule has 4 heterocycles. The van der Waals surface area contributed by atoms with Crippen LogP contribution in [0.4, 0.5) is 11.5 Å². The number of aromatic nitrogens is 1. The number of carbonyl (C=O) groups is 2. The maximum absolute atomic E-state index is 12.9. The molecule has 2 N–H and O–H groups in total. The van der Waals surface area contributed by atoms with Gasteiger partial charge in [0, 0.05) is 29.7 Å².